The van der Waals surface area contributed by atoms with E-state index in [1.165, 1.54) is 0 Å². The molecule has 110 valence electrons. The third kappa shape index (κ3) is 4.50. The number of carbonyl (C=O) groups is 1. The molecule has 0 aromatic heterocycles. The maximum atomic E-state index is 11.9. The van der Waals surface area contributed by atoms with Gasteiger partial charge in [-0.15, -0.1) is 0 Å². The summed E-state index contributed by atoms with van der Waals surface area (Å²) in [5.74, 6) is -0.00326. The molecular formula is C17H19ClN2O. The summed E-state index contributed by atoms with van der Waals surface area (Å²) in [6.45, 7) is 4.55. The quantitative estimate of drug-likeness (QED) is 0.859. The number of anilines is 2. The zero-order chi connectivity index (χ0) is 15.2. The minimum atomic E-state index is -0.00326. The molecule has 0 heterocycles. The predicted octanol–water partition coefficient (Wildman–Crippen LogP) is 4.40. The van der Waals surface area contributed by atoms with Crippen molar-refractivity contribution in [2.75, 3.05) is 17.2 Å². The van der Waals surface area contributed by atoms with Crippen molar-refractivity contribution >= 4 is 28.9 Å². The van der Waals surface area contributed by atoms with E-state index in [0.717, 1.165) is 22.5 Å². The third-order valence-electron chi connectivity index (χ3n) is 3.29. The van der Waals surface area contributed by atoms with Crippen molar-refractivity contribution < 1.29 is 4.79 Å². The zero-order valence-electron chi connectivity index (χ0n) is 12.2. The molecule has 0 aliphatic heterocycles. The van der Waals surface area contributed by atoms with Gasteiger partial charge in [-0.25, -0.2) is 0 Å². The van der Waals surface area contributed by atoms with Gasteiger partial charge in [0.05, 0.1) is 0 Å². The fraction of sp³-hybridized carbons (Fsp3) is 0.235. The lowest BCUT2D eigenvalue weighted by molar-refractivity contribution is -0.115. The van der Waals surface area contributed by atoms with Crippen LogP contribution in [0.15, 0.2) is 42.5 Å². The minimum absolute atomic E-state index is 0.00326. The molecule has 1 amide bonds. The second-order valence-electron chi connectivity index (χ2n) is 5.00. The summed E-state index contributed by atoms with van der Waals surface area (Å²) >= 11 is 5.96. The highest BCUT2D eigenvalue weighted by atomic mass is 35.5. The lowest BCUT2D eigenvalue weighted by Gasteiger charge is -2.11. The van der Waals surface area contributed by atoms with Crippen LogP contribution in [0.5, 0.6) is 0 Å². The number of para-hydroxylation sites is 1. The minimum Gasteiger partial charge on any atom is -0.384 e. The SMILES string of the molecule is Cc1ccc(Cl)cc1NCCC(=O)Nc1ccccc1C. The number of hydrogen-bond donors (Lipinski definition) is 2. The summed E-state index contributed by atoms with van der Waals surface area (Å²) in [6.07, 6.45) is 0.403. The third-order valence-corrected chi connectivity index (χ3v) is 3.52. The van der Waals surface area contributed by atoms with Crippen LogP contribution in [-0.4, -0.2) is 12.5 Å². The van der Waals surface area contributed by atoms with Gasteiger partial charge in [-0.2, -0.15) is 0 Å². The van der Waals surface area contributed by atoms with Crippen LogP contribution in [-0.2, 0) is 4.79 Å². The first-order chi connectivity index (χ1) is 10.1. The largest absolute Gasteiger partial charge is 0.384 e. The molecule has 2 aromatic carbocycles. The number of nitrogens with one attached hydrogen (secondary N) is 2. The highest BCUT2D eigenvalue weighted by molar-refractivity contribution is 6.30. The number of carbonyl (C=O) groups excluding carboxylic acids is 1. The van der Waals surface area contributed by atoms with Crippen molar-refractivity contribution in [2.24, 2.45) is 0 Å². The van der Waals surface area contributed by atoms with Gasteiger partial charge >= 0.3 is 0 Å². The Balaban J connectivity index is 1.85. The maximum absolute atomic E-state index is 11.9. The number of amides is 1. The molecule has 0 atom stereocenters. The molecule has 3 nitrogen and oxygen atoms in total. The number of aryl methyl sites for hydroxylation is 2. The van der Waals surface area contributed by atoms with Crippen LogP contribution in [0.2, 0.25) is 5.02 Å². The summed E-state index contributed by atoms with van der Waals surface area (Å²) in [5, 5.41) is 6.84. The van der Waals surface area contributed by atoms with Crippen molar-refractivity contribution in [1.82, 2.24) is 0 Å². The van der Waals surface area contributed by atoms with Crippen LogP contribution in [0.25, 0.3) is 0 Å². The maximum Gasteiger partial charge on any atom is 0.226 e. The number of hydrogen-bond acceptors (Lipinski definition) is 2. The molecule has 0 aliphatic carbocycles. The van der Waals surface area contributed by atoms with Crippen LogP contribution >= 0.6 is 11.6 Å². The van der Waals surface area contributed by atoms with E-state index < -0.39 is 0 Å². The molecule has 0 fully saturated rings. The van der Waals surface area contributed by atoms with Crippen molar-refractivity contribution in [1.29, 1.82) is 0 Å². The smallest absolute Gasteiger partial charge is 0.226 e. The Hall–Kier alpha value is -2.00. The standard InChI is InChI=1S/C17H19ClN2O/c1-12-5-3-4-6-15(12)20-17(21)9-10-19-16-11-14(18)8-7-13(16)2/h3-8,11,19H,9-10H2,1-2H3,(H,20,21). The molecule has 2 aromatic rings. The van der Waals surface area contributed by atoms with Gasteiger partial charge in [0.1, 0.15) is 0 Å². The Bertz CT molecular complexity index is 640. The van der Waals surface area contributed by atoms with E-state index in [1.807, 2.05) is 56.3 Å². The molecule has 2 rings (SSSR count). The van der Waals surface area contributed by atoms with Gasteiger partial charge in [0.25, 0.3) is 0 Å². The monoisotopic (exact) mass is 302 g/mol. The summed E-state index contributed by atoms with van der Waals surface area (Å²) < 4.78 is 0. The fourth-order valence-electron chi connectivity index (χ4n) is 2.02. The Morgan fingerprint density at radius 1 is 1.05 bits per heavy atom. The van der Waals surface area contributed by atoms with Gasteiger partial charge < -0.3 is 10.6 Å². The molecule has 4 heteroatoms. The molecule has 0 bridgehead atoms. The van der Waals surface area contributed by atoms with E-state index in [-0.39, 0.29) is 5.91 Å². The average molecular weight is 303 g/mol. The van der Waals surface area contributed by atoms with Crippen molar-refractivity contribution in [3.8, 4) is 0 Å². The Kier molecular flexibility index (Phi) is 5.23. The number of halogens is 1. The lowest BCUT2D eigenvalue weighted by Crippen LogP contribution is -2.17. The second-order valence-corrected chi connectivity index (χ2v) is 5.44. The molecule has 21 heavy (non-hydrogen) atoms. The first-order valence-electron chi connectivity index (χ1n) is 6.92. The van der Waals surface area contributed by atoms with Gasteiger partial charge in [-0.3, -0.25) is 4.79 Å². The predicted molar refractivity (Wildman–Crippen MR) is 89.1 cm³/mol. The normalized spacial score (nSPS) is 10.2. The van der Waals surface area contributed by atoms with Crippen molar-refractivity contribution in [2.45, 2.75) is 20.3 Å². The summed E-state index contributed by atoms with van der Waals surface area (Å²) in [6, 6.07) is 13.4. The van der Waals surface area contributed by atoms with E-state index in [9.17, 15) is 4.79 Å². The highest BCUT2D eigenvalue weighted by Gasteiger charge is 2.05. The Labute approximate surface area is 130 Å². The Morgan fingerprint density at radius 2 is 1.76 bits per heavy atom. The van der Waals surface area contributed by atoms with Crippen LogP contribution in [0.1, 0.15) is 17.5 Å². The van der Waals surface area contributed by atoms with Gasteiger partial charge in [0.15, 0.2) is 0 Å². The molecule has 0 unspecified atom stereocenters. The summed E-state index contributed by atoms with van der Waals surface area (Å²) in [4.78, 5) is 11.9. The molecule has 0 saturated carbocycles. The van der Waals surface area contributed by atoms with Crippen LogP contribution in [0.4, 0.5) is 11.4 Å². The number of rotatable bonds is 5. The van der Waals surface area contributed by atoms with Gasteiger partial charge in [-0.1, -0.05) is 35.9 Å². The molecule has 0 aliphatic rings. The van der Waals surface area contributed by atoms with Gasteiger partial charge in [-0.05, 0) is 43.2 Å². The number of benzene rings is 2. The van der Waals surface area contributed by atoms with E-state index >= 15 is 0 Å². The van der Waals surface area contributed by atoms with Crippen molar-refractivity contribution in [3.63, 3.8) is 0 Å². The molecule has 0 spiro atoms. The van der Waals surface area contributed by atoms with E-state index in [1.54, 1.807) is 0 Å². The van der Waals surface area contributed by atoms with E-state index in [0.29, 0.717) is 18.0 Å². The van der Waals surface area contributed by atoms with Gasteiger partial charge in [0.2, 0.25) is 5.91 Å². The second kappa shape index (κ2) is 7.14. The zero-order valence-corrected chi connectivity index (χ0v) is 13.0. The van der Waals surface area contributed by atoms with Crippen LogP contribution < -0.4 is 10.6 Å². The molecule has 0 saturated heterocycles. The summed E-state index contributed by atoms with van der Waals surface area (Å²) in [7, 11) is 0. The van der Waals surface area contributed by atoms with E-state index in [2.05, 4.69) is 10.6 Å². The van der Waals surface area contributed by atoms with Gasteiger partial charge in [0, 0.05) is 29.4 Å². The van der Waals surface area contributed by atoms with Crippen LogP contribution in [0.3, 0.4) is 0 Å². The molecule has 0 radical (unpaired) electrons. The summed E-state index contributed by atoms with van der Waals surface area (Å²) in [5.41, 5.74) is 4.00. The highest BCUT2D eigenvalue weighted by Crippen LogP contribution is 2.20. The fourth-order valence-corrected chi connectivity index (χ4v) is 2.19. The van der Waals surface area contributed by atoms with E-state index in [4.69, 9.17) is 11.6 Å². The lowest BCUT2D eigenvalue weighted by atomic mass is 10.2. The first kappa shape index (κ1) is 15.4. The Morgan fingerprint density at radius 3 is 2.52 bits per heavy atom. The van der Waals surface area contributed by atoms with Crippen LogP contribution in [0, 0.1) is 13.8 Å². The average Bonchev–Trinajstić information content (AvgIpc) is 2.45. The topological polar surface area (TPSA) is 41.1 Å². The first-order valence-corrected chi connectivity index (χ1v) is 7.29. The molecular weight excluding hydrogens is 284 g/mol. The molecule has 2 N–H and O–H groups in total. The van der Waals surface area contributed by atoms with Crippen molar-refractivity contribution in [3.05, 3.63) is 58.6 Å².